The molecule has 1 saturated heterocycles. The number of carbonyl (C=O) groups excluding carboxylic acids is 1. The van der Waals surface area contributed by atoms with Gasteiger partial charge in [0.05, 0.1) is 11.1 Å². The zero-order valence-corrected chi connectivity index (χ0v) is 21.1. The Bertz CT molecular complexity index is 1050. The summed E-state index contributed by atoms with van der Waals surface area (Å²) in [6, 6.07) is 9.58. The maximum absolute atomic E-state index is 13.1. The summed E-state index contributed by atoms with van der Waals surface area (Å²) in [5, 5.41) is 8.86. The number of amides is 2. The summed E-state index contributed by atoms with van der Waals surface area (Å²) in [6.07, 6.45) is 15.1. The quantitative estimate of drug-likeness (QED) is 0.467. The minimum absolute atomic E-state index is 0.190. The molecule has 8 nitrogen and oxygen atoms in total. The number of nitrogens with one attached hydrogen (secondary N) is 4. The Kier molecular flexibility index (Phi) is 8.75. The molecule has 1 unspecified atom stereocenters. The van der Waals surface area contributed by atoms with Crippen molar-refractivity contribution in [2.24, 2.45) is 5.41 Å². The van der Waals surface area contributed by atoms with Crippen molar-refractivity contribution in [1.29, 1.82) is 0 Å². The normalized spacial score (nSPS) is 20.9. The second kappa shape index (κ2) is 12.0. The predicted molar refractivity (Wildman–Crippen MR) is 137 cm³/mol. The van der Waals surface area contributed by atoms with Gasteiger partial charge in [0.1, 0.15) is 0 Å². The van der Waals surface area contributed by atoms with Crippen LogP contribution in [0.4, 0.5) is 10.5 Å². The Morgan fingerprint density at radius 2 is 1.71 bits per heavy atom. The molecular formula is C26H37N5O3S. The lowest BCUT2D eigenvalue weighted by Crippen LogP contribution is -2.53. The van der Waals surface area contributed by atoms with Gasteiger partial charge in [-0.15, -0.1) is 0 Å². The molecule has 9 heteroatoms. The summed E-state index contributed by atoms with van der Waals surface area (Å²) in [6.45, 7) is 1.19. The fraction of sp³-hybridized carbons (Fsp3) is 0.538. The highest BCUT2D eigenvalue weighted by Gasteiger charge is 2.37. The average Bonchev–Trinajstić information content (AvgIpc) is 2.96. The fourth-order valence-corrected chi connectivity index (χ4v) is 6.49. The number of pyridine rings is 1. The lowest BCUT2D eigenvalue weighted by atomic mass is 9.71. The van der Waals surface area contributed by atoms with Gasteiger partial charge >= 0.3 is 6.03 Å². The Morgan fingerprint density at radius 1 is 1.00 bits per heavy atom. The molecule has 1 atom stereocenters. The van der Waals surface area contributed by atoms with Gasteiger partial charge in [-0.3, -0.25) is 4.98 Å². The molecule has 4 N–H and O–H groups in total. The predicted octanol–water partition coefficient (Wildman–Crippen LogP) is 4.51. The third-order valence-corrected chi connectivity index (χ3v) is 8.73. The van der Waals surface area contributed by atoms with Crippen LogP contribution < -0.4 is 20.7 Å². The van der Waals surface area contributed by atoms with Crippen molar-refractivity contribution < 1.29 is 13.2 Å². The smallest absolute Gasteiger partial charge is 0.319 e. The molecule has 1 aliphatic heterocycles. The van der Waals surface area contributed by atoms with Crippen LogP contribution in [0.2, 0.25) is 0 Å². The number of carbonyl (C=O) groups is 1. The topological polar surface area (TPSA) is 112 Å². The second-order valence-electron chi connectivity index (χ2n) is 9.90. The van der Waals surface area contributed by atoms with Crippen LogP contribution in [-0.4, -0.2) is 32.1 Å². The van der Waals surface area contributed by atoms with E-state index in [4.69, 9.17) is 0 Å². The number of aromatic nitrogens is 1. The third kappa shape index (κ3) is 7.49. The lowest BCUT2D eigenvalue weighted by molar-refractivity contribution is 0.126. The van der Waals surface area contributed by atoms with Crippen molar-refractivity contribution in [1.82, 2.24) is 20.3 Å². The fourth-order valence-electron chi connectivity index (χ4n) is 5.32. The molecule has 1 spiro atoms. The molecule has 4 rings (SSSR count). The van der Waals surface area contributed by atoms with E-state index in [9.17, 15) is 13.2 Å². The summed E-state index contributed by atoms with van der Waals surface area (Å²) >= 11 is 0. The van der Waals surface area contributed by atoms with Gasteiger partial charge in [-0.25, -0.2) is 13.2 Å². The van der Waals surface area contributed by atoms with Crippen molar-refractivity contribution in [2.45, 2.75) is 81.8 Å². The number of piperidine rings is 1. The molecule has 1 aromatic carbocycles. The van der Waals surface area contributed by atoms with Crippen LogP contribution in [0, 0.1) is 5.41 Å². The van der Waals surface area contributed by atoms with Crippen LogP contribution in [0.25, 0.3) is 0 Å². The van der Waals surface area contributed by atoms with Gasteiger partial charge in [0, 0.05) is 24.6 Å². The molecule has 0 bridgehead atoms. The summed E-state index contributed by atoms with van der Waals surface area (Å²) in [4.78, 5) is 16.4. The first kappa shape index (κ1) is 25.6. The maximum atomic E-state index is 13.1. The van der Waals surface area contributed by atoms with Gasteiger partial charge in [-0.05, 0) is 73.5 Å². The molecule has 1 aliphatic carbocycles. The first-order chi connectivity index (χ1) is 16.9. The van der Waals surface area contributed by atoms with E-state index in [2.05, 4.69) is 25.7 Å². The first-order valence-corrected chi connectivity index (χ1v) is 14.2. The van der Waals surface area contributed by atoms with Gasteiger partial charge in [-0.1, -0.05) is 44.6 Å². The van der Waals surface area contributed by atoms with E-state index in [1.54, 1.807) is 24.5 Å². The molecule has 2 aliphatic rings. The number of benzene rings is 1. The average molecular weight is 500 g/mol. The lowest BCUT2D eigenvalue weighted by Gasteiger charge is -2.42. The van der Waals surface area contributed by atoms with Crippen molar-refractivity contribution in [3.63, 3.8) is 0 Å². The standard InChI is InChI=1S/C26H37N5O3S/c32-25(29-20-21-8-7-16-27-19-21)30-22-9-11-23(12-10-22)35(33,34)31-24-18-26(15-17-28-24)13-5-3-1-2-4-6-14-26/h7-12,16,19,24,28,31H,1-6,13-15,17-18,20H2,(H2,29,30,32). The molecule has 1 aromatic heterocycles. The van der Waals surface area contributed by atoms with Crippen molar-refractivity contribution in [3.05, 3.63) is 54.4 Å². The van der Waals surface area contributed by atoms with Gasteiger partial charge in [-0.2, -0.15) is 4.72 Å². The highest BCUT2D eigenvalue weighted by molar-refractivity contribution is 7.89. The van der Waals surface area contributed by atoms with E-state index in [-0.39, 0.29) is 22.5 Å². The molecule has 190 valence electrons. The van der Waals surface area contributed by atoms with Crippen LogP contribution in [0.15, 0.2) is 53.7 Å². The molecular weight excluding hydrogens is 462 g/mol. The van der Waals surface area contributed by atoms with Gasteiger partial charge < -0.3 is 16.0 Å². The monoisotopic (exact) mass is 499 g/mol. The zero-order valence-electron chi connectivity index (χ0n) is 20.3. The summed E-state index contributed by atoms with van der Waals surface area (Å²) in [5.41, 5.74) is 1.65. The van der Waals surface area contributed by atoms with Crippen LogP contribution >= 0.6 is 0 Å². The Labute approximate surface area is 208 Å². The van der Waals surface area contributed by atoms with Crippen LogP contribution in [0.5, 0.6) is 0 Å². The number of anilines is 1. The summed E-state index contributed by atoms with van der Waals surface area (Å²) in [5.74, 6) is 0. The van der Waals surface area contributed by atoms with E-state index in [1.165, 1.54) is 63.5 Å². The van der Waals surface area contributed by atoms with Crippen LogP contribution in [-0.2, 0) is 16.6 Å². The maximum Gasteiger partial charge on any atom is 0.319 e. The SMILES string of the molecule is O=C(NCc1cccnc1)Nc1ccc(S(=O)(=O)NC2CC3(CCCCCCCC3)CCN2)cc1. The van der Waals surface area contributed by atoms with E-state index < -0.39 is 10.0 Å². The second-order valence-corrected chi connectivity index (χ2v) is 11.6. The largest absolute Gasteiger partial charge is 0.334 e. The minimum atomic E-state index is -3.68. The molecule has 35 heavy (non-hydrogen) atoms. The number of rotatable bonds is 6. The molecule has 0 radical (unpaired) electrons. The van der Waals surface area contributed by atoms with E-state index >= 15 is 0 Å². The Balaban J connectivity index is 1.32. The van der Waals surface area contributed by atoms with E-state index in [1.807, 2.05) is 12.1 Å². The van der Waals surface area contributed by atoms with Gasteiger partial charge in [0.25, 0.3) is 0 Å². The van der Waals surface area contributed by atoms with Gasteiger partial charge in [0.15, 0.2) is 0 Å². The zero-order chi connectivity index (χ0) is 24.6. The van der Waals surface area contributed by atoms with Crippen LogP contribution in [0.1, 0.15) is 69.8 Å². The number of hydrogen-bond donors (Lipinski definition) is 4. The number of sulfonamides is 1. The molecule has 2 fully saturated rings. The third-order valence-electron chi connectivity index (χ3n) is 7.24. The van der Waals surface area contributed by atoms with Crippen molar-refractivity contribution in [2.75, 3.05) is 11.9 Å². The van der Waals surface area contributed by atoms with Crippen LogP contribution in [0.3, 0.4) is 0 Å². The number of hydrogen-bond acceptors (Lipinski definition) is 5. The highest BCUT2D eigenvalue weighted by atomic mass is 32.2. The minimum Gasteiger partial charge on any atom is -0.334 e. The summed E-state index contributed by atoms with van der Waals surface area (Å²) < 4.78 is 29.1. The van der Waals surface area contributed by atoms with E-state index in [0.29, 0.717) is 12.2 Å². The highest BCUT2D eigenvalue weighted by Crippen LogP contribution is 2.42. The Hall–Kier alpha value is -2.49. The van der Waals surface area contributed by atoms with Crippen molar-refractivity contribution >= 4 is 21.7 Å². The molecule has 1 saturated carbocycles. The van der Waals surface area contributed by atoms with Crippen molar-refractivity contribution in [3.8, 4) is 0 Å². The number of nitrogens with zero attached hydrogens (tertiary/aromatic N) is 1. The first-order valence-electron chi connectivity index (χ1n) is 12.7. The Morgan fingerprint density at radius 3 is 2.40 bits per heavy atom. The number of urea groups is 1. The van der Waals surface area contributed by atoms with Gasteiger partial charge in [0.2, 0.25) is 10.0 Å². The van der Waals surface area contributed by atoms with E-state index in [0.717, 1.165) is 24.9 Å². The molecule has 2 amide bonds. The molecule has 2 aromatic rings. The summed E-state index contributed by atoms with van der Waals surface area (Å²) in [7, 11) is -3.68. The molecule has 2 heterocycles.